The van der Waals surface area contributed by atoms with Crippen LogP contribution in [0.5, 0.6) is 5.75 Å². The van der Waals surface area contributed by atoms with E-state index in [0.29, 0.717) is 25.0 Å². The molecule has 0 radical (unpaired) electrons. The van der Waals surface area contributed by atoms with Crippen LogP contribution in [-0.4, -0.2) is 68.7 Å². The smallest absolute Gasteiger partial charge is 0.407 e. The minimum Gasteiger partial charge on any atom is -0.503 e. The second kappa shape index (κ2) is 9.79. The van der Waals surface area contributed by atoms with E-state index in [1.165, 1.54) is 16.5 Å². The maximum Gasteiger partial charge on any atom is 0.407 e. The summed E-state index contributed by atoms with van der Waals surface area (Å²) in [6, 6.07) is 0.0949. The number of benzene rings is 1. The first-order valence-corrected chi connectivity index (χ1v) is 11.5. The number of nitrogens with one attached hydrogen (secondary N) is 1. The van der Waals surface area contributed by atoms with Gasteiger partial charge in [0.15, 0.2) is 11.4 Å². The topological polar surface area (TPSA) is 132 Å². The van der Waals surface area contributed by atoms with Crippen LogP contribution in [0.3, 0.4) is 0 Å². The summed E-state index contributed by atoms with van der Waals surface area (Å²) in [5.74, 6) is -6.55. The highest BCUT2D eigenvalue weighted by atomic mass is 19.1. The summed E-state index contributed by atoms with van der Waals surface area (Å²) in [5.41, 5.74) is -2.67. The van der Waals surface area contributed by atoms with Gasteiger partial charge in [-0.1, -0.05) is 0 Å². The Labute approximate surface area is 208 Å². The molecule has 3 unspecified atom stereocenters. The largest absolute Gasteiger partial charge is 0.503 e. The summed E-state index contributed by atoms with van der Waals surface area (Å²) < 4.78 is 42.4. The van der Waals surface area contributed by atoms with E-state index in [0.717, 1.165) is 11.1 Å². The highest BCUT2D eigenvalue weighted by Crippen LogP contribution is 2.38. The zero-order chi connectivity index (χ0) is 27.2. The van der Waals surface area contributed by atoms with Gasteiger partial charge in [-0.05, 0) is 25.7 Å². The van der Waals surface area contributed by atoms with Crippen LogP contribution in [0.2, 0.25) is 0 Å². The fourth-order valence-corrected chi connectivity index (χ4v) is 4.97. The van der Waals surface area contributed by atoms with Crippen molar-refractivity contribution >= 4 is 17.9 Å². The molecule has 3 atom stereocenters. The van der Waals surface area contributed by atoms with E-state index < -0.39 is 70.3 Å². The number of rotatable bonds is 5. The first-order valence-electron chi connectivity index (χ1n) is 11.5. The Morgan fingerprint density at radius 3 is 2.43 bits per heavy atom. The Morgan fingerprint density at radius 1 is 1.16 bits per heavy atom. The Bertz CT molecular complexity index is 1320. The molecule has 13 heteroatoms. The van der Waals surface area contributed by atoms with Crippen LogP contribution in [-0.2, 0) is 6.54 Å². The number of carbonyl (C=O) groups excluding carboxylic acids is 2. The number of aromatic hydroxyl groups is 1. The molecule has 10 nitrogen and oxygen atoms in total. The lowest BCUT2D eigenvalue weighted by Gasteiger charge is -2.39. The molecular weight excluding hydrogens is 497 g/mol. The van der Waals surface area contributed by atoms with Gasteiger partial charge in [-0.25, -0.2) is 18.0 Å². The molecule has 0 aliphatic carbocycles. The zero-order valence-electron chi connectivity index (χ0n) is 20.0. The first kappa shape index (κ1) is 26.0. The third kappa shape index (κ3) is 4.72. The van der Waals surface area contributed by atoms with Gasteiger partial charge >= 0.3 is 6.09 Å². The molecule has 1 aromatic heterocycles. The van der Waals surface area contributed by atoms with E-state index in [1.54, 1.807) is 0 Å². The number of carbonyl (C=O) groups is 3. The lowest BCUT2D eigenvalue weighted by molar-refractivity contribution is 0.0577. The van der Waals surface area contributed by atoms with E-state index in [4.69, 9.17) is 0 Å². The molecule has 2 aliphatic rings. The van der Waals surface area contributed by atoms with E-state index in [2.05, 4.69) is 5.32 Å². The van der Waals surface area contributed by atoms with E-state index in [-0.39, 0.29) is 30.7 Å². The van der Waals surface area contributed by atoms with Gasteiger partial charge in [0, 0.05) is 56.6 Å². The number of fused-ring (bicyclic) bond motifs is 4. The molecule has 1 fully saturated rings. The number of halogens is 3. The van der Waals surface area contributed by atoms with Gasteiger partial charge < -0.3 is 29.9 Å². The zero-order valence-corrected chi connectivity index (χ0v) is 20.0. The van der Waals surface area contributed by atoms with Crippen molar-refractivity contribution in [3.63, 3.8) is 0 Å². The fraction of sp³-hybridized carbons (Fsp3) is 0.417. The molecule has 3 N–H and O–H groups in total. The molecular formula is C24H25F3N4O6. The Kier molecular flexibility index (Phi) is 6.89. The van der Waals surface area contributed by atoms with Crippen molar-refractivity contribution in [2.24, 2.45) is 5.92 Å². The van der Waals surface area contributed by atoms with Crippen molar-refractivity contribution < 1.29 is 37.8 Å². The Hall–Kier alpha value is -4.03. The molecule has 1 saturated heterocycles. The number of pyridine rings is 1. The van der Waals surface area contributed by atoms with Crippen LogP contribution in [0.4, 0.5) is 18.0 Å². The average Bonchev–Trinajstić information content (AvgIpc) is 2.96. The number of amides is 3. The molecule has 0 spiro atoms. The monoisotopic (exact) mass is 522 g/mol. The first-order chi connectivity index (χ1) is 17.4. The summed E-state index contributed by atoms with van der Waals surface area (Å²) in [6.45, 7) is 1.38. The van der Waals surface area contributed by atoms with Crippen LogP contribution < -0.4 is 10.7 Å². The van der Waals surface area contributed by atoms with Crippen LogP contribution >= 0.6 is 0 Å². The molecule has 2 bridgehead atoms. The molecule has 3 heterocycles. The fourth-order valence-electron chi connectivity index (χ4n) is 4.97. The van der Waals surface area contributed by atoms with Gasteiger partial charge in [0.05, 0.1) is 6.04 Å². The third-order valence-corrected chi connectivity index (χ3v) is 7.06. The van der Waals surface area contributed by atoms with Gasteiger partial charge in [-0.15, -0.1) is 0 Å². The van der Waals surface area contributed by atoms with Crippen molar-refractivity contribution in [1.82, 2.24) is 19.7 Å². The number of hydrogen-bond donors (Lipinski definition) is 3. The third-order valence-electron chi connectivity index (χ3n) is 7.06. The lowest BCUT2D eigenvalue weighted by Crippen LogP contribution is -2.49. The van der Waals surface area contributed by atoms with Crippen LogP contribution in [0.15, 0.2) is 23.1 Å². The second-order valence-electron chi connectivity index (χ2n) is 9.38. The average molecular weight is 522 g/mol. The lowest BCUT2D eigenvalue weighted by atomic mass is 9.92. The van der Waals surface area contributed by atoms with Crippen molar-refractivity contribution in [2.75, 3.05) is 20.1 Å². The summed E-state index contributed by atoms with van der Waals surface area (Å²) in [7, 11) is 1.40. The maximum atomic E-state index is 14.0. The quantitative estimate of drug-likeness (QED) is 0.552. The highest BCUT2D eigenvalue weighted by Gasteiger charge is 2.43. The van der Waals surface area contributed by atoms with Crippen molar-refractivity contribution in [2.45, 2.75) is 38.4 Å². The van der Waals surface area contributed by atoms with Gasteiger partial charge in [0.2, 0.25) is 5.43 Å². The van der Waals surface area contributed by atoms with E-state index in [1.807, 2.05) is 6.92 Å². The minimum atomic E-state index is -1.23. The van der Waals surface area contributed by atoms with Gasteiger partial charge in [0.25, 0.3) is 11.8 Å². The molecule has 2 aliphatic heterocycles. The summed E-state index contributed by atoms with van der Waals surface area (Å²) in [5, 5.41) is 22.2. The van der Waals surface area contributed by atoms with E-state index >= 15 is 0 Å². The molecule has 3 amide bonds. The Balaban J connectivity index is 1.72. The predicted octanol–water partition coefficient (Wildman–Crippen LogP) is 2.31. The minimum absolute atomic E-state index is 0.103. The number of aromatic nitrogens is 1. The van der Waals surface area contributed by atoms with Crippen molar-refractivity contribution in [3.05, 3.63) is 62.8 Å². The van der Waals surface area contributed by atoms with Crippen molar-refractivity contribution in [3.8, 4) is 5.75 Å². The van der Waals surface area contributed by atoms with Gasteiger partial charge in [0.1, 0.15) is 23.0 Å². The maximum absolute atomic E-state index is 14.0. The molecule has 2 aromatic rings. The SMILES string of the molecule is CC1CCC(CN(C)C(=O)O)C2CN1C(=O)c1c(O)c(=O)c(C(=O)NCc3c(F)cc(F)cc3F)cn12. The standard InChI is InChI=1S/C24H25F3N4O6/c1-11-3-4-12(8-29(2)24(36)37)18-10-30(11)23(35)19-21(33)20(32)15(9-31(18)19)22(34)28-7-14-16(26)5-13(25)6-17(14)27/h5-6,9,11-12,18,33H,3-4,7-8,10H2,1-2H3,(H,28,34)(H,36,37). The Morgan fingerprint density at radius 2 is 1.81 bits per heavy atom. The summed E-state index contributed by atoms with van der Waals surface area (Å²) >= 11 is 0. The summed E-state index contributed by atoms with van der Waals surface area (Å²) in [4.78, 5) is 53.0. The van der Waals surface area contributed by atoms with Crippen LogP contribution in [0, 0.1) is 23.4 Å². The van der Waals surface area contributed by atoms with Crippen molar-refractivity contribution in [1.29, 1.82) is 0 Å². The van der Waals surface area contributed by atoms with E-state index in [9.17, 15) is 42.6 Å². The van der Waals surface area contributed by atoms with Crippen LogP contribution in [0.25, 0.3) is 0 Å². The number of nitrogens with zero attached hydrogens (tertiary/aromatic N) is 3. The number of hydrogen-bond acceptors (Lipinski definition) is 5. The highest BCUT2D eigenvalue weighted by molar-refractivity contribution is 5.99. The molecule has 37 heavy (non-hydrogen) atoms. The normalized spacial score (nSPS) is 20.7. The second-order valence-corrected chi connectivity index (χ2v) is 9.38. The number of carboxylic acid groups (broad SMARTS) is 1. The molecule has 0 saturated carbocycles. The summed E-state index contributed by atoms with van der Waals surface area (Å²) in [6.07, 6.45) is 1.05. The van der Waals surface area contributed by atoms with Crippen LogP contribution in [0.1, 0.15) is 52.2 Å². The molecule has 4 rings (SSSR count). The molecule has 1 aromatic carbocycles. The van der Waals surface area contributed by atoms with Gasteiger partial charge in [-0.3, -0.25) is 14.4 Å². The molecule has 198 valence electrons. The van der Waals surface area contributed by atoms with Gasteiger partial charge in [-0.2, -0.15) is 0 Å². The predicted molar refractivity (Wildman–Crippen MR) is 123 cm³/mol.